The highest BCUT2D eigenvalue weighted by atomic mass is 16.5. The van der Waals surface area contributed by atoms with E-state index < -0.39 is 0 Å². The van der Waals surface area contributed by atoms with Crippen LogP contribution in [0.25, 0.3) is 0 Å². The summed E-state index contributed by atoms with van der Waals surface area (Å²) in [6, 6.07) is 18.4. The van der Waals surface area contributed by atoms with Crippen molar-refractivity contribution in [3.8, 4) is 0 Å². The second-order valence-electron chi connectivity index (χ2n) is 6.41. The molecule has 0 bridgehead atoms. The van der Waals surface area contributed by atoms with Gasteiger partial charge in [0, 0.05) is 30.4 Å². The Bertz CT molecular complexity index is 957. The molecule has 0 saturated carbocycles. The van der Waals surface area contributed by atoms with E-state index in [-0.39, 0.29) is 18.2 Å². The molecule has 0 saturated heterocycles. The first-order valence-corrected chi connectivity index (χ1v) is 9.56. The lowest BCUT2D eigenvalue weighted by atomic mass is 10.0. The topological polar surface area (TPSA) is 81.2 Å². The average molecular weight is 389 g/mol. The predicted molar refractivity (Wildman–Crippen MR) is 111 cm³/mol. The average Bonchev–Trinajstić information content (AvgIpc) is 2.77. The number of ether oxygens (including phenoxy) is 1. The fraction of sp³-hybridized carbons (Fsp3) is 0.217. The smallest absolute Gasteiger partial charge is 0.306 e. The third kappa shape index (κ3) is 5.97. The number of anilines is 1. The lowest BCUT2D eigenvalue weighted by Crippen LogP contribution is -2.09. The monoisotopic (exact) mass is 389 g/mol. The fourth-order valence-electron chi connectivity index (χ4n) is 2.79. The number of nitrogens with one attached hydrogen (secondary N) is 1. The van der Waals surface area contributed by atoms with Gasteiger partial charge in [-0.2, -0.15) is 0 Å². The summed E-state index contributed by atoms with van der Waals surface area (Å²) in [5.74, 6) is 0.393. The highest BCUT2D eigenvalue weighted by Gasteiger charge is 2.12. The van der Waals surface area contributed by atoms with Gasteiger partial charge in [0.25, 0.3) is 0 Å². The first-order valence-electron chi connectivity index (χ1n) is 9.56. The largest absolute Gasteiger partial charge is 0.466 e. The summed E-state index contributed by atoms with van der Waals surface area (Å²) < 4.78 is 4.93. The lowest BCUT2D eigenvalue weighted by molar-refractivity contribution is -0.143. The van der Waals surface area contributed by atoms with Crippen LogP contribution in [0.4, 0.5) is 5.82 Å². The Labute approximate surface area is 170 Å². The van der Waals surface area contributed by atoms with Crippen molar-refractivity contribution < 1.29 is 14.3 Å². The number of hydrogen-bond donors (Lipinski definition) is 1. The quantitative estimate of drug-likeness (QED) is 0.443. The Balaban J connectivity index is 1.61. The maximum atomic E-state index is 12.8. The van der Waals surface area contributed by atoms with Crippen molar-refractivity contribution in [3.05, 3.63) is 89.4 Å². The van der Waals surface area contributed by atoms with Crippen molar-refractivity contribution in [1.82, 2.24) is 9.97 Å². The molecule has 29 heavy (non-hydrogen) atoms. The molecule has 6 nitrogen and oxygen atoms in total. The number of carbonyl (C=O) groups is 2. The van der Waals surface area contributed by atoms with Gasteiger partial charge in [-0.1, -0.05) is 36.4 Å². The van der Waals surface area contributed by atoms with Gasteiger partial charge >= 0.3 is 5.97 Å². The molecule has 3 aromatic rings. The third-order valence-electron chi connectivity index (χ3n) is 4.28. The Morgan fingerprint density at radius 1 is 1.00 bits per heavy atom. The van der Waals surface area contributed by atoms with Crippen molar-refractivity contribution in [1.29, 1.82) is 0 Å². The standard InChI is InChI=1S/C23H23N3O3/c1-2-29-22(27)14-13-19-6-5-7-20(26-19)23(28)18-11-9-17(10-12-18)16-25-21-8-3-4-15-24-21/h3-12,15H,2,13-14,16H2,1H3,(H,24,25). The Morgan fingerprint density at radius 3 is 2.55 bits per heavy atom. The summed E-state index contributed by atoms with van der Waals surface area (Å²) >= 11 is 0. The van der Waals surface area contributed by atoms with E-state index in [0.717, 1.165) is 11.4 Å². The van der Waals surface area contributed by atoms with Crippen LogP contribution in [-0.2, 0) is 22.5 Å². The molecule has 3 rings (SSSR count). The van der Waals surface area contributed by atoms with Gasteiger partial charge in [0.15, 0.2) is 0 Å². The lowest BCUT2D eigenvalue weighted by Gasteiger charge is -2.07. The molecule has 0 spiro atoms. The van der Waals surface area contributed by atoms with Gasteiger partial charge in [-0.15, -0.1) is 0 Å². The van der Waals surface area contributed by atoms with Gasteiger partial charge in [-0.05, 0) is 36.8 Å². The fourth-order valence-corrected chi connectivity index (χ4v) is 2.79. The molecule has 6 heteroatoms. The zero-order valence-electron chi connectivity index (χ0n) is 16.3. The molecule has 0 amide bonds. The summed E-state index contributed by atoms with van der Waals surface area (Å²) in [5, 5.41) is 3.23. The van der Waals surface area contributed by atoms with Gasteiger partial charge in [0.1, 0.15) is 11.5 Å². The number of nitrogens with zero attached hydrogens (tertiary/aromatic N) is 2. The van der Waals surface area contributed by atoms with Crippen LogP contribution < -0.4 is 5.32 Å². The molecule has 1 N–H and O–H groups in total. The zero-order valence-corrected chi connectivity index (χ0v) is 16.3. The van der Waals surface area contributed by atoms with E-state index in [1.807, 2.05) is 36.4 Å². The Morgan fingerprint density at radius 2 is 1.83 bits per heavy atom. The number of aromatic nitrogens is 2. The van der Waals surface area contributed by atoms with Crippen LogP contribution in [0.1, 0.15) is 40.7 Å². The van der Waals surface area contributed by atoms with Crippen LogP contribution in [0.2, 0.25) is 0 Å². The van der Waals surface area contributed by atoms with E-state index in [1.54, 1.807) is 37.4 Å². The maximum absolute atomic E-state index is 12.8. The van der Waals surface area contributed by atoms with Gasteiger partial charge in [-0.3, -0.25) is 9.59 Å². The van der Waals surface area contributed by atoms with Gasteiger partial charge < -0.3 is 10.1 Å². The summed E-state index contributed by atoms with van der Waals surface area (Å²) in [6.07, 6.45) is 2.42. The molecule has 2 heterocycles. The number of hydrogen-bond acceptors (Lipinski definition) is 6. The van der Waals surface area contributed by atoms with Crippen molar-refractivity contribution in [2.24, 2.45) is 0 Å². The normalized spacial score (nSPS) is 10.4. The number of carbonyl (C=O) groups excluding carboxylic acids is 2. The summed E-state index contributed by atoms with van der Waals surface area (Å²) in [4.78, 5) is 32.9. The van der Waals surface area contributed by atoms with Crippen molar-refractivity contribution in [3.63, 3.8) is 0 Å². The van der Waals surface area contributed by atoms with Gasteiger partial charge in [-0.25, -0.2) is 9.97 Å². The summed E-state index contributed by atoms with van der Waals surface area (Å²) in [6.45, 7) is 2.75. The van der Waals surface area contributed by atoms with E-state index in [4.69, 9.17) is 4.74 Å². The van der Waals surface area contributed by atoms with E-state index in [0.29, 0.717) is 36.5 Å². The molecular weight excluding hydrogens is 366 g/mol. The summed E-state index contributed by atoms with van der Waals surface area (Å²) in [5.41, 5.74) is 2.68. The van der Waals surface area contributed by atoms with Crippen LogP contribution >= 0.6 is 0 Å². The van der Waals surface area contributed by atoms with Crippen molar-refractivity contribution >= 4 is 17.6 Å². The number of rotatable bonds is 9. The van der Waals surface area contributed by atoms with Gasteiger partial charge in [0.05, 0.1) is 13.0 Å². The Hall–Kier alpha value is -3.54. The molecular formula is C23H23N3O3. The minimum absolute atomic E-state index is 0.146. The minimum atomic E-state index is -0.263. The molecule has 0 radical (unpaired) electrons. The molecule has 0 aliphatic rings. The molecule has 2 aromatic heterocycles. The molecule has 0 aliphatic carbocycles. The van der Waals surface area contributed by atoms with E-state index in [1.165, 1.54) is 0 Å². The summed E-state index contributed by atoms with van der Waals surface area (Å²) in [7, 11) is 0. The SMILES string of the molecule is CCOC(=O)CCc1cccc(C(=O)c2ccc(CNc3ccccn3)cc2)n1. The van der Waals surface area contributed by atoms with Crippen molar-refractivity contribution in [2.45, 2.75) is 26.3 Å². The van der Waals surface area contributed by atoms with E-state index in [9.17, 15) is 9.59 Å². The molecule has 0 atom stereocenters. The van der Waals surface area contributed by atoms with Crippen LogP contribution in [0, 0.1) is 0 Å². The van der Waals surface area contributed by atoms with Gasteiger partial charge in [0.2, 0.25) is 5.78 Å². The van der Waals surface area contributed by atoms with E-state index in [2.05, 4.69) is 15.3 Å². The van der Waals surface area contributed by atoms with Crippen molar-refractivity contribution in [2.75, 3.05) is 11.9 Å². The number of pyridine rings is 2. The minimum Gasteiger partial charge on any atom is -0.466 e. The highest BCUT2D eigenvalue weighted by Crippen LogP contribution is 2.12. The first kappa shape index (κ1) is 20.2. The molecule has 1 aromatic carbocycles. The number of esters is 1. The highest BCUT2D eigenvalue weighted by molar-refractivity contribution is 6.07. The van der Waals surface area contributed by atoms with Crippen LogP contribution in [0.5, 0.6) is 0 Å². The maximum Gasteiger partial charge on any atom is 0.306 e. The molecule has 0 unspecified atom stereocenters. The van der Waals surface area contributed by atoms with E-state index >= 15 is 0 Å². The first-order chi connectivity index (χ1) is 14.2. The molecule has 0 fully saturated rings. The third-order valence-corrected chi connectivity index (χ3v) is 4.28. The number of benzene rings is 1. The predicted octanol–water partition coefficient (Wildman–Crippen LogP) is 3.82. The Kier molecular flexibility index (Phi) is 7.05. The van der Waals surface area contributed by atoms with Crippen LogP contribution in [0.15, 0.2) is 66.9 Å². The van der Waals surface area contributed by atoms with Crippen LogP contribution in [-0.4, -0.2) is 28.3 Å². The van der Waals surface area contributed by atoms with Crippen LogP contribution in [0.3, 0.4) is 0 Å². The second-order valence-corrected chi connectivity index (χ2v) is 6.41. The number of aryl methyl sites for hydroxylation is 1. The molecule has 0 aliphatic heterocycles. The number of ketones is 1. The zero-order chi connectivity index (χ0) is 20.5. The molecule has 148 valence electrons. The second kappa shape index (κ2) is 10.1.